The average molecular weight is 586 g/mol. The van der Waals surface area contributed by atoms with Crippen molar-refractivity contribution in [2.24, 2.45) is 5.92 Å². The van der Waals surface area contributed by atoms with Crippen molar-refractivity contribution in [3.63, 3.8) is 0 Å². The van der Waals surface area contributed by atoms with Crippen molar-refractivity contribution in [3.8, 4) is 6.07 Å². The second kappa shape index (κ2) is 10.5. The van der Waals surface area contributed by atoms with Gasteiger partial charge in [0.05, 0.1) is 21.2 Å². The van der Waals surface area contributed by atoms with Crippen molar-refractivity contribution in [1.29, 1.82) is 5.26 Å². The van der Waals surface area contributed by atoms with E-state index in [1.807, 2.05) is 0 Å². The van der Waals surface area contributed by atoms with Crippen LogP contribution in [0.2, 0.25) is 5.02 Å². The van der Waals surface area contributed by atoms with Crippen molar-refractivity contribution < 1.29 is 31.5 Å². The number of nitrogens with zero attached hydrogens (tertiary/aromatic N) is 2. The van der Waals surface area contributed by atoms with Gasteiger partial charge in [-0.1, -0.05) is 17.7 Å². The topological polar surface area (TPSA) is 117 Å². The number of amides is 2. The van der Waals surface area contributed by atoms with E-state index < -0.39 is 50.2 Å². The number of likely N-dealkylation sites (tertiary alicyclic amines) is 1. The molecule has 39 heavy (non-hydrogen) atoms. The standard InChI is InChI=1S/C27H34ClF2N3O5S/c1-25(2,3)38-24(35)33-15-19(13-21(33)23(34)32-26(16-31)10-11-26)39(36,37)22-7-6-17(12-20(22)28)4-5-18-8-9-27(29,30)14-18/h6-7,12,18-19,21H,4-5,8-11,13-15H2,1-3H3,(H,32,34). The molecule has 1 N–H and O–H groups in total. The van der Waals surface area contributed by atoms with E-state index in [1.54, 1.807) is 26.8 Å². The molecular weight excluding hydrogens is 552 g/mol. The number of carbonyl (C=O) groups excluding carboxylic acids is 2. The van der Waals surface area contributed by atoms with Crippen LogP contribution in [0.3, 0.4) is 0 Å². The fourth-order valence-electron chi connectivity index (χ4n) is 5.27. The van der Waals surface area contributed by atoms with Gasteiger partial charge in [0.15, 0.2) is 9.84 Å². The molecule has 3 atom stereocenters. The molecule has 3 unspecified atom stereocenters. The van der Waals surface area contributed by atoms with Crippen LogP contribution in [-0.4, -0.2) is 60.2 Å². The van der Waals surface area contributed by atoms with E-state index >= 15 is 0 Å². The fourth-order valence-corrected chi connectivity index (χ4v) is 7.54. The van der Waals surface area contributed by atoms with Crippen LogP contribution < -0.4 is 5.32 Å². The van der Waals surface area contributed by atoms with Gasteiger partial charge in [-0.3, -0.25) is 9.69 Å². The number of benzene rings is 1. The summed E-state index contributed by atoms with van der Waals surface area (Å²) in [6, 6.07) is 5.49. The normalized spacial score (nSPS) is 25.7. The quantitative estimate of drug-likeness (QED) is 0.480. The first kappa shape index (κ1) is 29.5. The van der Waals surface area contributed by atoms with E-state index in [0.717, 1.165) is 10.5 Å². The molecule has 2 aliphatic carbocycles. The Morgan fingerprint density at radius 1 is 1.26 bits per heavy atom. The SMILES string of the molecule is CC(C)(C)OC(=O)N1CC(S(=O)(=O)c2ccc(CCC3CCC(F)(F)C3)cc2Cl)CC1C(=O)NC1(C#N)CC1. The third-order valence-corrected chi connectivity index (χ3v) is 10.2. The summed E-state index contributed by atoms with van der Waals surface area (Å²) in [5.74, 6) is -3.30. The number of ether oxygens (including phenoxy) is 1. The number of aryl methyl sites for hydroxylation is 1. The first-order chi connectivity index (χ1) is 18.0. The van der Waals surface area contributed by atoms with Gasteiger partial charge in [0.2, 0.25) is 11.8 Å². The maximum absolute atomic E-state index is 13.6. The monoisotopic (exact) mass is 585 g/mol. The summed E-state index contributed by atoms with van der Waals surface area (Å²) in [6.45, 7) is 4.72. The number of hydrogen-bond donors (Lipinski definition) is 1. The second-order valence-corrected chi connectivity index (χ2v) is 14.6. The Morgan fingerprint density at radius 3 is 2.49 bits per heavy atom. The molecule has 8 nitrogen and oxygen atoms in total. The van der Waals surface area contributed by atoms with Crippen LogP contribution in [0.15, 0.2) is 23.1 Å². The van der Waals surface area contributed by atoms with E-state index in [9.17, 15) is 32.0 Å². The van der Waals surface area contributed by atoms with Crippen molar-refractivity contribution in [3.05, 3.63) is 28.8 Å². The van der Waals surface area contributed by atoms with Crippen molar-refractivity contribution in [2.45, 2.75) is 105 Å². The van der Waals surface area contributed by atoms with Crippen LogP contribution in [0, 0.1) is 17.2 Å². The third kappa shape index (κ3) is 6.83. The minimum atomic E-state index is -4.07. The molecule has 3 fully saturated rings. The summed E-state index contributed by atoms with van der Waals surface area (Å²) in [6.07, 6.45) is 1.27. The highest BCUT2D eigenvalue weighted by Gasteiger charge is 2.51. The highest BCUT2D eigenvalue weighted by molar-refractivity contribution is 7.92. The summed E-state index contributed by atoms with van der Waals surface area (Å²) in [4.78, 5) is 27.0. The number of sulfone groups is 1. The zero-order valence-electron chi connectivity index (χ0n) is 22.3. The van der Waals surface area contributed by atoms with Gasteiger partial charge >= 0.3 is 6.09 Å². The summed E-state index contributed by atoms with van der Waals surface area (Å²) < 4.78 is 59.7. The van der Waals surface area contributed by atoms with Gasteiger partial charge in [0, 0.05) is 19.4 Å². The molecule has 0 radical (unpaired) electrons. The lowest BCUT2D eigenvalue weighted by molar-refractivity contribution is -0.126. The minimum absolute atomic E-state index is 0.00221. The van der Waals surface area contributed by atoms with Crippen LogP contribution in [-0.2, 0) is 25.8 Å². The predicted molar refractivity (Wildman–Crippen MR) is 140 cm³/mol. The number of alkyl halides is 2. The van der Waals surface area contributed by atoms with E-state index in [1.165, 1.54) is 12.1 Å². The van der Waals surface area contributed by atoms with Crippen LogP contribution in [0.5, 0.6) is 0 Å². The summed E-state index contributed by atoms with van der Waals surface area (Å²) in [5, 5.41) is 10.9. The maximum atomic E-state index is 13.6. The number of nitriles is 1. The van der Waals surface area contributed by atoms with Gasteiger partial charge in [0.1, 0.15) is 17.2 Å². The molecule has 12 heteroatoms. The largest absolute Gasteiger partial charge is 0.444 e. The van der Waals surface area contributed by atoms with Crippen LogP contribution >= 0.6 is 11.6 Å². The fraction of sp³-hybridized carbons (Fsp3) is 0.667. The lowest BCUT2D eigenvalue weighted by Gasteiger charge is -2.28. The van der Waals surface area contributed by atoms with Gasteiger partial charge < -0.3 is 10.1 Å². The molecular formula is C27H34ClF2N3O5S. The predicted octanol–water partition coefficient (Wildman–Crippen LogP) is 5.03. The highest BCUT2D eigenvalue weighted by atomic mass is 35.5. The Hall–Kier alpha value is -2.45. The van der Waals surface area contributed by atoms with Crippen molar-refractivity contribution in [2.75, 3.05) is 6.54 Å². The van der Waals surface area contributed by atoms with Gasteiger partial charge in [-0.05, 0) is 82.9 Å². The molecule has 1 aromatic rings. The summed E-state index contributed by atoms with van der Waals surface area (Å²) >= 11 is 6.41. The van der Waals surface area contributed by atoms with Gasteiger partial charge in [-0.25, -0.2) is 22.0 Å². The zero-order valence-corrected chi connectivity index (χ0v) is 23.9. The minimum Gasteiger partial charge on any atom is -0.444 e. The molecule has 2 amide bonds. The van der Waals surface area contributed by atoms with E-state index in [-0.39, 0.29) is 41.6 Å². The lowest BCUT2D eigenvalue weighted by atomic mass is 9.98. The number of nitrogens with one attached hydrogen (secondary N) is 1. The molecule has 1 aliphatic heterocycles. The Labute approximate surface area is 232 Å². The van der Waals surface area contributed by atoms with Crippen molar-refractivity contribution in [1.82, 2.24) is 10.2 Å². The molecule has 3 aliphatic rings. The molecule has 0 spiro atoms. The Morgan fingerprint density at radius 2 is 1.95 bits per heavy atom. The molecule has 0 bridgehead atoms. The Balaban J connectivity index is 1.50. The molecule has 4 rings (SSSR count). The van der Waals surface area contributed by atoms with Gasteiger partial charge in [0.25, 0.3) is 0 Å². The highest BCUT2D eigenvalue weighted by Crippen LogP contribution is 2.41. The second-order valence-electron chi connectivity index (χ2n) is 12.0. The first-order valence-corrected chi connectivity index (χ1v) is 15.1. The van der Waals surface area contributed by atoms with Crippen LogP contribution in [0.25, 0.3) is 0 Å². The summed E-state index contributed by atoms with van der Waals surface area (Å²) in [7, 11) is -4.07. The maximum Gasteiger partial charge on any atom is 0.411 e. The van der Waals surface area contributed by atoms with E-state index in [0.29, 0.717) is 32.1 Å². The smallest absolute Gasteiger partial charge is 0.411 e. The molecule has 1 saturated heterocycles. The number of halogens is 3. The number of hydrogen-bond acceptors (Lipinski definition) is 6. The molecule has 214 valence electrons. The molecule has 2 saturated carbocycles. The third-order valence-electron chi connectivity index (χ3n) is 7.61. The number of carbonyl (C=O) groups is 2. The molecule has 0 aromatic heterocycles. The molecule has 1 aromatic carbocycles. The summed E-state index contributed by atoms with van der Waals surface area (Å²) in [5.41, 5.74) is -1.10. The Kier molecular flexibility index (Phi) is 7.96. The van der Waals surface area contributed by atoms with E-state index in [4.69, 9.17) is 16.3 Å². The lowest BCUT2D eigenvalue weighted by Crippen LogP contribution is -2.50. The Bertz CT molecular complexity index is 1290. The number of rotatable bonds is 7. The van der Waals surface area contributed by atoms with Gasteiger partial charge in [-0.2, -0.15) is 5.26 Å². The average Bonchev–Trinajstić information content (AvgIpc) is 3.28. The van der Waals surface area contributed by atoms with Gasteiger partial charge in [-0.15, -0.1) is 0 Å². The van der Waals surface area contributed by atoms with Crippen molar-refractivity contribution >= 4 is 33.4 Å². The molecule has 1 heterocycles. The van der Waals surface area contributed by atoms with E-state index in [2.05, 4.69) is 11.4 Å². The zero-order chi connectivity index (χ0) is 28.8. The van der Waals surface area contributed by atoms with Crippen LogP contribution in [0.4, 0.5) is 13.6 Å². The first-order valence-electron chi connectivity index (χ1n) is 13.2. The van der Waals surface area contributed by atoms with Crippen LogP contribution in [0.1, 0.15) is 71.3 Å².